The van der Waals surface area contributed by atoms with Crippen LogP contribution in [-0.4, -0.2) is 46.8 Å². The van der Waals surface area contributed by atoms with E-state index in [1.807, 2.05) is 36.1 Å². The Morgan fingerprint density at radius 2 is 1.85 bits per heavy atom. The first-order valence-electron chi connectivity index (χ1n) is 9.79. The van der Waals surface area contributed by atoms with Gasteiger partial charge in [-0.3, -0.25) is 9.59 Å². The van der Waals surface area contributed by atoms with E-state index in [1.54, 1.807) is 4.90 Å². The van der Waals surface area contributed by atoms with Crippen molar-refractivity contribution in [3.8, 4) is 0 Å². The Hall–Kier alpha value is -2.62. The molecule has 2 aromatic rings. The summed E-state index contributed by atoms with van der Waals surface area (Å²) >= 11 is 0. The third-order valence-corrected chi connectivity index (χ3v) is 5.92. The summed E-state index contributed by atoms with van der Waals surface area (Å²) in [5.74, 6) is 0.0678. The third kappa shape index (κ3) is 3.36. The summed E-state index contributed by atoms with van der Waals surface area (Å²) < 4.78 is 0. The van der Waals surface area contributed by atoms with Gasteiger partial charge in [0.2, 0.25) is 5.91 Å². The molecule has 4 heteroatoms. The van der Waals surface area contributed by atoms with Crippen molar-refractivity contribution in [1.29, 1.82) is 0 Å². The molecule has 0 saturated carbocycles. The summed E-state index contributed by atoms with van der Waals surface area (Å²) in [6.45, 7) is 5.41. The zero-order valence-corrected chi connectivity index (χ0v) is 16.0. The van der Waals surface area contributed by atoms with Gasteiger partial charge in [-0.1, -0.05) is 48.0 Å². The molecule has 0 spiro atoms. The molecule has 0 bridgehead atoms. The fourth-order valence-electron chi connectivity index (χ4n) is 4.30. The molecule has 4 nitrogen and oxygen atoms in total. The standard InChI is InChI=1S/C23H26N2O2/c1-16-9-11-18(12-10-16)14-19-6-3-4-8-21(19)23(27)25-15-20-7-5-13-24(20)22(26)17(25)2/h3-4,6,8-12,17,20H,5,7,13-15H2,1-2H3/t17-,20-/m1/s1. The topological polar surface area (TPSA) is 40.6 Å². The smallest absolute Gasteiger partial charge is 0.254 e. The van der Waals surface area contributed by atoms with Crippen LogP contribution in [0.2, 0.25) is 0 Å². The largest absolute Gasteiger partial charge is 0.336 e. The average molecular weight is 362 g/mol. The number of nitrogens with zero attached hydrogens (tertiary/aromatic N) is 2. The van der Waals surface area contributed by atoms with Crippen molar-refractivity contribution in [2.45, 2.75) is 45.2 Å². The maximum atomic E-state index is 13.4. The maximum Gasteiger partial charge on any atom is 0.254 e. The van der Waals surface area contributed by atoms with Gasteiger partial charge in [0.05, 0.1) is 0 Å². The highest BCUT2D eigenvalue weighted by atomic mass is 16.2. The summed E-state index contributed by atoms with van der Waals surface area (Å²) in [5, 5.41) is 0. The Bertz CT molecular complexity index is 859. The number of hydrogen-bond acceptors (Lipinski definition) is 2. The van der Waals surface area contributed by atoms with E-state index >= 15 is 0 Å². The molecule has 4 rings (SSSR count). The van der Waals surface area contributed by atoms with Crippen LogP contribution in [0.15, 0.2) is 48.5 Å². The first kappa shape index (κ1) is 17.8. The minimum Gasteiger partial charge on any atom is -0.336 e. The molecular weight excluding hydrogens is 336 g/mol. The number of piperazine rings is 1. The van der Waals surface area contributed by atoms with Crippen LogP contribution in [-0.2, 0) is 11.2 Å². The molecule has 0 unspecified atom stereocenters. The van der Waals surface area contributed by atoms with Crippen molar-refractivity contribution in [2.24, 2.45) is 0 Å². The fourth-order valence-corrected chi connectivity index (χ4v) is 4.30. The van der Waals surface area contributed by atoms with Gasteiger partial charge < -0.3 is 9.80 Å². The minimum atomic E-state index is -0.390. The Morgan fingerprint density at radius 3 is 2.63 bits per heavy atom. The lowest BCUT2D eigenvalue weighted by molar-refractivity contribution is -0.141. The first-order valence-corrected chi connectivity index (χ1v) is 9.79. The summed E-state index contributed by atoms with van der Waals surface area (Å²) in [4.78, 5) is 29.8. The van der Waals surface area contributed by atoms with Gasteiger partial charge in [-0.15, -0.1) is 0 Å². The SMILES string of the molecule is Cc1ccc(Cc2ccccc2C(=O)N2C[C@H]3CCCN3C(=O)[C@H]2C)cc1. The summed E-state index contributed by atoms with van der Waals surface area (Å²) in [6, 6.07) is 16.0. The van der Waals surface area contributed by atoms with Crippen LogP contribution in [0, 0.1) is 6.92 Å². The van der Waals surface area contributed by atoms with Crippen LogP contribution in [0.25, 0.3) is 0 Å². The molecule has 0 N–H and O–H groups in total. The number of amides is 2. The van der Waals surface area contributed by atoms with Crippen LogP contribution in [0.5, 0.6) is 0 Å². The number of aryl methyl sites for hydroxylation is 1. The van der Waals surface area contributed by atoms with Gasteiger partial charge in [0, 0.05) is 24.7 Å². The quantitative estimate of drug-likeness (QED) is 0.839. The Balaban J connectivity index is 1.60. The molecule has 0 aromatic heterocycles. The molecule has 2 aromatic carbocycles. The van der Waals surface area contributed by atoms with Crippen molar-refractivity contribution in [3.05, 3.63) is 70.8 Å². The van der Waals surface area contributed by atoms with Crippen molar-refractivity contribution in [2.75, 3.05) is 13.1 Å². The lowest BCUT2D eigenvalue weighted by Gasteiger charge is -2.41. The zero-order valence-electron chi connectivity index (χ0n) is 16.0. The van der Waals surface area contributed by atoms with E-state index in [0.29, 0.717) is 18.5 Å². The summed E-state index contributed by atoms with van der Waals surface area (Å²) in [7, 11) is 0. The number of rotatable bonds is 3. The average Bonchev–Trinajstić information content (AvgIpc) is 3.15. The molecule has 0 radical (unpaired) electrons. The van der Waals surface area contributed by atoms with E-state index in [4.69, 9.17) is 0 Å². The third-order valence-electron chi connectivity index (χ3n) is 5.92. The van der Waals surface area contributed by atoms with Gasteiger partial charge in [0.25, 0.3) is 5.91 Å². The molecule has 0 aliphatic carbocycles. The molecule has 2 saturated heterocycles. The van der Waals surface area contributed by atoms with Gasteiger partial charge in [-0.2, -0.15) is 0 Å². The highest BCUT2D eigenvalue weighted by molar-refractivity contribution is 5.99. The molecule has 2 aliphatic rings. The van der Waals surface area contributed by atoms with Gasteiger partial charge in [0.1, 0.15) is 6.04 Å². The van der Waals surface area contributed by atoms with Gasteiger partial charge in [-0.25, -0.2) is 0 Å². The van der Waals surface area contributed by atoms with E-state index in [0.717, 1.165) is 24.9 Å². The van der Waals surface area contributed by atoms with Crippen molar-refractivity contribution >= 4 is 11.8 Å². The number of hydrogen-bond donors (Lipinski definition) is 0. The van der Waals surface area contributed by atoms with E-state index < -0.39 is 0 Å². The molecule has 2 amide bonds. The number of carbonyl (C=O) groups excluding carboxylic acids is 2. The zero-order chi connectivity index (χ0) is 19.0. The first-order chi connectivity index (χ1) is 13.0. The van der Waals surface area contributed by atoms with Gasteiger partial charge in [-0.05, 0) is 50.3 Å². The highest BCUT2D eigenvalue weighted by Gasteiger charge is 2.42. The van der Waals surface area contributed by atoms with E-state index in [9.17, 15) is 9.59 Å². The van der Waals surface area contributed by atoms with Crippen molar-refractivity contribution in [1.82, 2.24) is 9.80 Å². The molecular formula is C23H26N2O2. The molecule has 27 heavy (non-hydrogen) atoms. The normalized spacial score (nSPS) is 22.1. The number of benzene rings is 2. The van der Waals surface area contributed by atoms with Crippen LogP contribution in [0.4, 0.5) is 0 Å². The van der Waals surface area contributed by atoms with E-state index in [-0.39, 0.29) is 23.9 Å². The maximum absolute atomic E-state index is 13.4. The minimum absolute atomic E-state index is 0.0230. The molecule has 2 atom stereocenters. The number of fused-ring (bicyclic) bond motifs is 1. The van der Waals surface area contributed by atoms with Gasteiger partial charge >= 0.3 is 0 Å². The summed E-state index contributed by atoms with van der Waals surface area (Å²) in [5.41, 5.74) is 4.14. The van der Waals surface area contributed by atoms with E-state index in [2.05, 4.69) is 31.2 Å². The van der Waals surface area contributed by atoms with Crippen LogP contribution in [0.3, 0.4) is 0 Å². The van der Waals surface area contributed by atoms with Crippen molar-refractivity contribution < 1.29 is 9.59 Å². The second-order valence-corrected chi connectivity index (χ2v) is 7.78. The second kappa shape index (κ2) is 7.18. The van der Waals surface area contributed by atoms with Crippen LogP contribution < -0.4 is 0 Å². The highest BCUT2D eigenvalue weighted by Crippen LogP contribution is 2.27. The monoisotopic (exact) mass is 362 g/mol. The lowest BCUT2D eigenvalue weighted by atomic mass is 9.97. The summed E-state index contributed by atoms with van der Waals surface area (Å²) in [6.07, 6.45) is 2.75. The van der Waals surface area contributed by atoms with Crippen LogP contribution in [0.1, 0.15) is 46.8 Å². The number of carbonyl (C=O) groups is 2. The Morgan fingerprint density at radius 1 is 1.11 bits per heavy atom. The molecule has 2 heterocycles. The van der Waals surface area contributed by atoms with E-state index in [1.165, 1.54) is 11.1 Å². The van der Waals surface area contributed by atoms with Gasteiger partial charge in [0.15, 0.2) is 0 Å². The lowest BCUT2D eigenvalue weighted by Crippen LogP contribution is -2.60. The van der Waals surface area contributed by atoms with Crippen molar-refractivity contribution in [3.63, 3.8) is 0 Å². The molecule has 2 aliphatic heterocycles. The Labute approximate surface area is 160 Å². The Kier molecular flexibility index (Phi) is 4.73. The fraction of sp³-hybridized carbons (Fsp3) is 0.391. The molecule has 2 fully saturated rings. The predicted molar refractivity (Wildman–Crippen MR) is 106 cm³/mol. The second-order valence-electron chi connectivity index (χ2n) is 7.78. The predicted octanol–water partition coefficient (Wildman–Crippen LogP) is 3.42. The molecule has 140 valence electrons. The van der Waals surface area contributed by atoms with Crippen LogP contribution >= 0.6 is 0 Å².